The first-order valence-electron chi connectivity index (χ1n) is 8.49. The van der Waals surface area contributed by atoms with E-state index in [4.69, 9.17) is 0 Å². The first kappa shape index (κ1) is 17.7. The Balaban J connectivity index is 1.93. The number of rotatable bonds is 6. The SMILES string of the molecule is CC(=C=C=C=C=C(C)CCc1ccccc1)CCc1ccccc1. The minimum atomic E-state index is 0.995. The Morgan fingerprint density at radius 3 is 1.38 bits per heavy atom. The van der Waals surface area contributed by atoms with Crippen LogP contribution in [0.2, 0.25) is 0 Å². The molecule has 0 aliphatic heterocycles. The summed E-state index contributed by atoms with van der Waals surface area (Å²) in [5.41, 5.74) is 17.4. The molecule has 0 aromatic heterocycles. The molecule has 0 nitrogen and oxygen atoms in total. The largest absolute Gasteiger partial charge is 0.0622 e. The summed E-state index contributed by atoms with van der Waals surface area (Å²) in [7, 11) is 0. The van der Waals surface area contributed by atoms with E-state index in [-0.39, 0.29) is 0 Å². The maximum absolute atomic E-state index is 3.16. The first-order chi connectivity index (χ1) is 11.7. The zero-order valence-corrected chi connectivity index (χ0v) is 14.6. The van der Waals surface area contributed by atoms with Crippen LogP contribution in [0.15, 0.2) is 94.7 Å². The fraction of sp³-hybridized carbons (Fsp3) is 0.250. The Hall–Kier alpha value is -2.70. The lowest BCUT2D eigenvalue weighted by Crippen LogP contribution is -1.84. The van der Waals surface area contributed by atoms with E-state index in [0.29, 0.717) is 0 Å². The van der Waals surface area contributed by atoms with E-state index in [1.54, 1.807) is 0 Å². The number of benzene rings is 2. The second-order valence-corrected chi connectivity index (χ2v) is 6.03. The van der Waals surface area contributed by atoms with Gasteiger partial charge in [0.05, 0.1) is 0 Å². The van der Waals surface area contributed by atoms with Gasteiger partial charge in [0, 0.05) is 0 Å². The van der Waals surface area contributed by atoms with Crippen LogP contribution >= 0.6 is 0 Å². The molecular weight excluding hydrogens is 288 g/mol. The Kier molecular flexibility index (Phi) is 7.46. The normalized spacial score (nSPS) is 9.25. The van der Waals surface area contributed by atoms with Crippen LogP contribution in [0.3, 0.4) is 0 Å². The molecule has 0 amide bonds. The van der Waals surface area contributed by atoms with Gasteiger partial charge in [-0.2, -0.15) is 0 Å². The summed E-state index contributed by atoms with van der Waals surface area (Å²) in [6.45, 7) is 4.17. The molecule has 0 aliphatic rings. The maximum Gasteiger partial charge on any atom is -0.0102 e. The first-order valence-corrected chi connectivity index (χ1v) is 8.49. The molecule has 2 rings (SSSR count). The molecule has 120 valence electrons. The van der Waals surface area contributed by atoms with E-state index < -0.39 is 0 Å². The lowest BCUT2D eigenvalue weighted by molar-refractivity contribution is 0.943. The lowest BCUT2D eigenvalue weighted by Gasteiger charge is -1.98. The van der Waals surface area contributed by atoms with Gasteiger partial charge in [0.2, 0.25) is 0 Å². The van der Waals surface area contributed by atoms with Crippen LogP contribution in [-0.4, -0.2) is 0 Å². The van der Waals surface area contributed by atoms with Gasteiger partial charge in [-0.3, -0.25) is 0 Å². The molecule has 0 saturated heterocycles. The predicted octanol–water partition coefficient (Wildman–Crippen LogP) is 6.21. The predicted molar refractivity (Wildman–Crippen MR) is 102 cm³/mol. The van der Waals surface area contributed by atoms with E-state index in [9.17, 15) is 0 Å². The number of hydrogen-bond acceptors (Lipinski definition) is 0. The van der Waals surface area contributed by atoms with Gasteiger partial charge in [-0.1, -0.05) is 72.1 Å². The molecule has 0 fully saturated rings. The van der Waals surface area contributed by atoms with Crippen LogP contribution in [0, 0.1) is 0 Å². The highest BCUT2D eigenvalue weighted by Crippen LogP contribution is 2.08. The number of allylic oxidation sites excluding steroid dienone is 2. The fourth-order valence-electron chi connectivity index (χ4n) is 2.35. The zero-order valence-electron chi connectivity index (χ0n) is 14.6. The molecule has 0 saturated carbocycles. The van der Waals surface area contributed by atoms with Crippen molar-refractivity contribution in [2.75, 3.05) is 0 Å². The minimum Gasteiger partial charge on any atom is -0.0622 e. The molecule has 0 bridgehead atoms. The molecule has 0 atom stereocenters. The van der Waals surface area contributed by atoms with Crippen molar-refractivity contribution in [3.8, 4) is 0 Å². The van der Waals surface area contributed by atoms with Crippen molar-refractivity contribution in [3.05, 3.63) is 106 Å². The second-order valence-electron chi connectivity index (χ2n) is 6.03. The van der Waals surface area contributed by atoms with E-state index in [2.05, 4.69) is 85.3 Å². The van der Waals surface area contributed by atoms with Gasteiger partial charge < -0.3 is 0 Å². The number of aryl methyl sites for hydroxylation is 2. The van der Waals surface area contributed by atoms with Crippen molar-refractivity contribution in [2.24, 2.45) is 0 Å². The maximum atomic E-state index is 3.16. The van der Waals surface area contributed by atoms with Crippen molar-refractivity contribution < 1.29 is 0 Å². The Bertz CT molecular complexity index is 727. The van der Waals surface area contributed by atoms with Gasteiger partial charge in [-0.05, 0) is 73.3 Å². The zero-order chi connectivity index (χ0) is 17.0. The standard InChI is InChI=1S/C24H24/c1-21(17-19-23-13-5-3-6-14-23)11-9-10-12-22(2)18-20-24-15-7-4-8-16-24/h3-8,13-16H,17-20H2,1-2H3. The summed E-state index contributed by atoms with van der Waals surface area (Å²) in [5.74, 6) is 0. The molecule has 2 aromatic rings. The topological polar surface area (TPSA) is 0 Å². The molecule has 0 heterocycles. The van der Waals surface area contributed by atoms with E-state index in [1.165, 1.54) is 22.3 Å². The van der Waals surface area contributed by atoms with Crippen molar-refractivity contribution in [1.29, 1.82) is 0 Å². The lowest BCUT2D eigenvalue weighted by atomic mass is 10.1. The quantitative estimate of drug-likeness (QED) is 0.556. The molecule has 0 N–H and O–H groups in total. The third kappa shape index (κ3) is 7.04. The second kappa shape index (κ2) is 10.1. The smallest absolute Gasteiger partial charge is 0.0102 e. The van der Waals surface area contributed by atoms with Gasteiger partial charge in [-0.15, -0.1) is 0 Å². The van der Waals surface area contributed by atoms with Crippen LogP contribution in [0.1, 0.15) is 37.8 Å². The Labute approximate surface area is 145 Å². The van der Waals surface area contributed by atoms with Gasteiger partial charge in [-0.25, -0.2) is 0 Å². The molecular formula is C24H24. The van der Waals surface area contributed by atoms with Crippen LogP contribution in [0.5, 0.6) is 0 Å². The molecule has 0 heteroatoms. The highest BCUT2D eigenvalue weighted by atomic mass is 14.0. The number of hydrogen-bond donors (Lipinski definition) is 0. The third-order valence-corrected chi connectivity index (χ3v) is 3.88. The van der Waals surface area contributed by atoms with Crippen molar-refractivity contribution in [2.45, 2.75) is 39.5 Å². The highest BCUT2D eigenvalue weighted by Gasteiger charge is 1.93. The van der Waals surface area contributed by atoms with E-state index in [0.717, 1.165) is 25.7 Å². The minimum absolute atomic E-state index is 0.995. The van der Waals surface area contributed by atoms with Crippen molar-refractivity contribution in [3.63, 3.8) is 0 Å². The van der Waals surface area contributed by atoms with Crippen LogP contribution < -0.4 is 0 Å². The van der Waals surface area contributed by atoms with Crippen molar-refractivity contribution in [1.82, 2.24) is 0 Å². The molecule has 0 spiro atoms. The molecule has 24 heavy (non-hydrogen) atoms. The van der Waals surface area contributed by atoms with Gasteiger partial charge in [0.1, 0.15) is 0 Å². The average Bonchev–Trinajstić information content (AvgIpc) is 2.63. The van der Waals surface area contributed by atoms with Crippen molar-refractivity contribution >= 4 is 0 Å². The Morgan fingerprint density at radius 1 is 0.625 bits per heavy atom. The van der Waals surface area contributed by atoms with Crippen LogP contribution in [0.25, 0.3) is 0 Å². The van der Waals surface area contributed by atoms with Gasteiger partial charge in [0.15, 0.2) is 0 Å². The molecule has 2 aromatic carbocycles. The van der Waals surface area contributed by atoms with Crippen LogP contribution in [-0.2, 0) is 12.8 Å². The summed E-state index contributed by atoms with van der Waals surface area (Å²) < 4.78 is 0. The third-order valence-electron chi connectivity index (χ3n) is 3.88. The fourth-order valence-corrected chi connectivity index (χ4v) is 2.35. The highest BCUT2D eigenvalue weighted by molar-refractivity contribution is 5.17. The summed E-state index contributed by atoms with van der Waals surface area (Å²) in [6.07, 6.45) is 4.07. The summed E-state index contributed by atoms with van der Waals surface area (Å²) in [5, 5.41) is 0. The average molecular weight is 312 g/mol. The van der Waals surface area contributed by atoms with E-state index >= 15 is 0 Å². The molecule has 0 aliphatic carbocycles. The molecule has 0 unspecified atom stereocenters. The Morgan fingerprint density at radius 2 is 1.00 bits per heavy atom. The summed E-state index contributed by atoms with van der Waals surface area (Å²) in [4.78, 5) is 0. The molecule has 0 radical (unpaired) electrons. The van der Waals surface area contributed by atoms with Gasteiger partial charge in [0.25, 0.3) is 0 Å². The summed E-state index contributed by atoms with van der Waals surface area (Å²) in [6, 6.07) is 21.0. The summed E-state index contributed by atoms with van der Waals surface area (Å²) >= 11 is 0. The van der Waals surface area contributed by atoms with Crippen LogP contribution in [0.4, 0.5) is 0 Å². The van der Waals surface area contributed by atoms with Gasteiger partial charge >= 0.3 is 0 Å². The van der Waals surface area contributed by atoms with E-state index in [1.807, 2.05) is 12.1 Å². The monoisotopic (exact) mass is 312 g/mol.